The molecule has 172 valence electrons. The summed E-state index contributed by atoms with van der Waals surface area (Å²) in [5, 5.41) is 0. The lowest BCUT2D eigenvalue weighted by Crippen LogP contribution is -3.00. The summed E-state index contributed by atoms with van der Waals surface area (Å²) in [6, 6.07) is 0. The Morgan fingerprint density at radius 3 is 1.04 bits per heavy atom. The third-order valence-electron chi connectivity index (χ3n) is 5.74. The van der Waals surface area contributed by atoms with Crippen LogP contribution in [0.3, 0.4) is 0 Å². The minimum absolute atomic E-state index is 0. The maximum atomic E-state index is 2.46. The van der Waals surface area contributed by atoms with Gasteiger partial charge in [-0.25, -0.2) is 0 Å². The molecule has 0 unspecified atom stereocenters. The molecule has 0 N–H and O–H groups in total. The molecule has 0 atom stereocenters. The molecule has 0 saturated carbocycles. The second kappa shape index (κ2) is 19.7. The lowest BCUT2D eigenvalue weighted by molar-refractivity contribution is -0.00000679. The molecule has 0 bridgehead atoms. The summed E-state index contributed by atoms with van der Waals surface area (Å²) >= 11 is 0. The van der Waals surface area contributed by atoms with E-state index in [-0.39, 0.29) is 12.4 Å². The maximum Gasteiger partial charge on any atom is 0.0617 e. The Morgan fingerprint density at radius 1 is 0.464 bits per heavy atom. The van der Waals surface area contributed by atoms with Crippen LogP contribution >= 0.6 is 7.26 Å². The van der Waals surface area contributed by atoms with Crippen LogP contribution in [-0.4, -0.2) is 24.6 Å². The SMILES string of the molecule is CCCCCCCCCCCCCC[P+](CC(C)C)(CC(C)C)CC(C)C.[Cl-]. The van der Waals surface area contributed by atoms with Gasteiger partial charge in [-0.05, 0) is 30.6 Å². The van der Waals surface area contributed by atoms with E-state index in [0.717, 1.165) is 17.8 Å². The molecule has 0 nitrogen and oxygen atoms in total. The van der Waals surface area contributed by atoms with Gasteiger partial charge < -0.3 is 12.4 Å². The van der Waals surface area contributed by atoms with Crippen molar-refractivity contribution in [1.29, 1.82) is 0 Å². The maximum absolute atomic E-state index is 2.46. The fourth-order valence-corrected chi connectivity index (χ4v) is 11.6. The highest BCUT2D eigenvalue weighted by Crippen LogP contribution is 2.62. The van der Waals surface area contributed by atoms with Crippen molar-refractivity contribution in [2.24, 2.45) is 17.8 Å². The Morgan fingerprint density at radius 2 is 0.750 bits per heavy atom. The topological polar surface area (TPSA) is 0 Å². The van der Waals surface area contributed by atoms with Gasteiger partial charge in [0.05, 0.1) is 24.6 Å². The smallest absolute Gasteiger partial charge is 0.0617 e. The minimum atomic E-state index is -0.744. The fourth-order valence-electron chi connectivity index (χ4n) is 5.11. The Kier molecular flexibility index (Phi) is 21.7. The molecule has 0 aromatic carbocycles. The third kappa shape index (κ3) is 18.7. The van der Waals surface area contributed by atoms with Crippen LogP contribution in [0.5, 0.6) is 0 Å². The fraction of sp³-hybridized carbons (Fsp3) is 1.00. The normalized spacial score (nSPS) is 12.2. The van der Waals surface area contributed by atoms with Crippen LogP contribution in [0.25, 0.3) is 0 Å². The monoisotopic (exact) mass is 434 g/mol. The summed E-state index contributed by atoms with van der Waals surface area (Å²) in [6.07, 6.45) is 23.9. The van der Waals surface area contributed by atoms with Crippen molar-refractivity contribution >= 4 is 7.26 Å². The van der Waals surface area contributed by atoms with Crippen LogP contribution in [0, 0.1) is 17.8 Å². The average Bonchev–Trinajstić information content (AvgIpc) is 2.53. The van der Waals surface area contributed by atoms with Crippen molar-refractivity contribution in [2.45, 2.75) is 126 Å². The standard InChI is InChI=1S/C26H56P.ClH/c1-8-9-10-11-12-13-14-15-16-17-18-19-20-27(21-24(2)3,22-25(4)5)23-26(6)7;/h24-26H,8-23H2,1-7H3;1H/q+1;/p-1. The van der Waals surface area contributed by atoms with E-state index in [1.807, 2.05) is 0 Å². The zero-order valence-electron chi connectivity index (χ0n) is 20.9. The van der Waals surface area contributed by atoms with Crippen molar-refractivity contribution < 1.29 is 12.4 Å². The lowest BCUT2D eigenvalue weighted by atomic mass is 10.1. The van der Waals surface area contributed by atoms with Gasteiger partial charge in [-0.15, -0.1) is 0 Å². The van der Waals surface area contributed by atoms with Crippen LogP contribution in [0.2, 0.25) is 0 Å². The molecule has 0 aliphatic carbocycles. The Labute approximate surface area is 187 Å². The first kappa shape index (κ1) is 30.9. The zero-order chi connectivity index (χ0) is 20.5. The summed E-state index contributed by atoms with van der Waals surface area (Å²) < 4.78 is 0. The van der Waals surface area contributed by atoms with Gasteiger partial charge in [0, 0.05) is 7.26 Å². The summed E-state index contributed by atoms with van der Waals surface area (Å²) in [7, 11) is -0.744. The van der Waals surface area contributed by atoms with E-state index < -0.39 is 7.26 Å². The summed E-state index contributed by atoms with van der Waals surface area (Å²) in [4.78, 5) is 0. The first-order valence-electron chi connectivity index (χ1n) is 12.7. The number of hydrogen-bond acceptors (Lipinski definition) is 0. The van der Waals surface area contributed by atoms with Crippen LogP contribution in [0.1, 0.15) is 126 Å². The van der Waals surface area contributed by atoms with Gasteiger partial charge in [-0.1, -0.05) is 113 Å². The minimum Gasteiger partial charge on any atom is -1.00 e. The van der Waals surface area contributed by atoms with E-state index in [0.29, 0.717) is 0 Å². The summed E-state index contributed by atoms with van der Waals surface area (Å²) in [6.45, 7) is 17.0. The summed E-state index contributed by atoms with van der Waals surface area (Å²) in [5.74, 6) is 2.65. The molecule has 0 aliphatic rings. The lowest BCUT2D eigenvalue weighted by Gasteiger charge is -2.32. The van der Waals surface area contributed by atoms with E-state index in [1.54, 1.807) is 24.6 Å². The molecule has 0 amide bonds. The predicted molar refractivity (Wildman–Crippen MR) is 132 cm³/mol. The quantitative estimate of drug-likeness (QED) is 0.157. The van der Waals surface area contributed by atoms with Gasteiger partial charge in [0.1, 0.15) is 0 Å². The van der Waals surface area contributed by atoms with Crippen LogP contribution < -0.4 is 12.4 Å². The number of unbranched alkanes of at least 4 members (excludes halogenated alkanes) is 11. The number of halogens is 1. The predicted octanol–water partition coefficient (Wildman–Crippen LogP) is 6.68. The van der Waals surface area contributed by atoms with Crippen molar-refractivity contribution in [3.05, 3.63) is 0 Å². The number of hydrogen-bond donors (Lipinski definition) is 0. The zero-order valence-corrected chi connectivity index (χ0v) is 22.5. The highest BCUT2D eigenvalue weighted by atomic mass is 35.5. The van der Waals surface area contributed by atoms with Crippen molar-refractivity contribution in [3.63, 3.8) is 0 Å². The molecule has 2 heteroatoms. The molecular formula is C26H56ClP. The molecule has 0 fully saturated rings. The van der Waals surface area contributed by atoms with E-state index in [1.165, 1.54) is 77.0 Å². The van der Waals surface area contributed by atoms with Crippen LogP contribution in [0.15, 0.2) is 0 Å². The molecule has 28 heavy (non-hydrogen) atoms. The third-order valence-corrected chi connectivity index (χ3v) is 11.5. The molecule has 0 radical (unpaired) electrons. The van der Waals surface area contributed by atoms with Crippen LogP contribution in [0.4, 0.5) is 0 Å². The highest BCUT2D eigenvalue weighted by Gasteiger charge is 2.38. The Bertz CT molecular complexity index is 285. The molecule has 0 spiro atoms. The first-order valence-corrected chi connectivity index (χ1v) is 15.2. The van der Waals surface area contributed by atoms with Crippen molar-refractivity contribution in [3.8, 4) is 0 Å². The van der Waals surface area contributed by atoms with E-state index in [9.17, 15) is 0 Å². The average molecular weight is 435 g/mol. The molecule has 0 saturated heterocycles. The van der Waals surface area contributed by atoms with Gasteiger partial charge in [0.15, 0.2) is 0 Å². The molecule has 0 aromatic heterocycles. The molecular weight excluding hydrogens is 379 g/mol. The molecule has 0 rings (SSSR count). The number of rotatable bonds is 19. The van der Waals surface area contributed by atoms with Crippen molar-refractivity contribution in [1.82, 2.24) is 0 Å². The van der Waals surface area contributed by atoms with E-state index >= 15 is 0 Å². The van der Waals surface area contributed by atoms with Gasteiger partial charge in [-0.3, -0.25) is 0 Å². The van der Waals surface area contributed by atoms with E-state index in [4.69, 9.17) is 0 Å². The van der Waals surface area contributed by atoms with Gasteiger partial charge in [-0.2, -0.15) is 0 Å². The second-order valence-electron chi connectivity index (χ2n) is 10.7. The van der Waals surface area contributed by atoms with Crippen molar-refractivity contribution in [2.75, 3.05) is 24.6 Å². The molecule has 0 heterocycles. The summed E-state index contributed by atoms with van der Waals surface area (Å²) in [5.41, 5.74) is 0. The first-order chi connectivity index (χ1) is 12.8. The molecule has 0 aromatic rings. The van der Waals surface area contributed by atoms with Gasteiger partial charge >= 0.3 is 0 Å². The van der Waals surface area contributed by atoms with Gasteiger partial charge in [0.25, 0.3) is 0 Å². The molecule has 0 aliphatic heterocycles. The Balaban J connectivity index is 0. The van der Waals surface area contributed by atoms with Gasteiger partial charge in [0.2, 0.25) is 0 Å². The highest BCUT2D eigenvalue weighted by molar-refractivity contribution is 7.75. The Hall–Kier alpha value is 0.720. The largest absolute Gasteiger partial charge is 1.00 e. The van der Waals surface area contributed by atoms with Crippen LogP contribution in [-0.2, 0) is 0 Å². The van der Waals surface area contributed by atoms with E-state index in [2.05, 4.69) is 48.5 Å². The second-order valence-corrected chi connectivity index (χ2v) is 14.9.